The molecule has 8 nitrogen and oxygen atoms in total. The largest absolute Gasteiger partial charge is 0.482 e. The number of nitrogens with one attached hydrogen (secondary N) is 1. The molecule has 0 radical (unpaired) electrons. The van der Waals surface area contributed by atoms with Gasteiger partial charge in [0.1, 0.15) is 18.0 Å². The molecule has 3 rings (SSSR count). The minimum atomic E-state index is -1.10. The van der Waals surface area contributed by atoms with Gasteiger partial charge in [0, 0.05) is 37.2 Å². The zero-order valence-electron chi connectivity index (χ0n) is 19.9. The van der Waals surface area contributed by atoms with Crippen molar-refractivity contribution in [2.45, 2.75) is 37.6 Å². The van der Waals surface area contributed by atoms with Crippen LogP contribution in [0.4, 0.5) is 0 Å². The number of halogens is 2. The van der Waals surface area contributed by atoms with Crippen molar-refractivity contribution < 1.29 is 29.3 Å². The van der Waals surface area contributed by atoms with E-state index in [-0.39, 0.29) is 51.0 Å². The minimum Gasteiger partial charge on any atom is -0.482 e. The Labute approximate surface area is 229 Å². The fourth-order valence-electron chi connectivity index (χ4n) is 3.98. The summed E-state index contributed by atoms with van der Waals surface area (Å²) in [7, 11) is 1.52. The molecule has 1 aliphatic rings. The lowest BCUT2D eigenvalue weighted by Gasteiger charge is -2.40. The Morgan fingerprint density at radius 2 is 1.92 bits per heavy atom. The van der Waals surface area contributed by atoms with Crippen LogP contribution in [0.1, 0.15) is 18.4 Å². The Bertz CT molecular complexity index is 1060. The van der Waals surface area contributed by atoms with E-state index in [2.05, 4.69) is 27.9 Å². The van der Waals surface area contributed by atoms with E-state index in [4.69, 9.17) is 26.2 Å². The number of hydrogen-bond donors (Lipinski definition) is 3. The van der Waals surface area contributed by atoms with Crippen LogP contribution in [0, 0.1) is 3.57 Å². The maximum Gasteiger partial charge on any atom is 0.247 e. The van der Waals surface area contributed by atoms with Gasteiger partial charge in [0.25, 0.3) is 0 Å². The molecule has 0 bridgehead atoms. The second-order valence-electron chi connectivity index (χ2n) is 8.34. The zero-order chi connectivity index (χ0) is 26.1. The molecule has 1 aliphatic carbocycles. The molecule has 0 aliphatic heterocycles. The number of nitrogens with zero attached hydrogens (tertiary/aromatic N) is 1. The molecule has 0 spiro atoms. The summed E-state index contributed by atoms with van der Waals surface area (Å²) in [6.07, 6.45) is -0.148. The smallest absolute Gasteiger partial charge is 0.247 e. The number of aliphatic hydroxyl groups excluding tert-OH is 2. The summed E-state index contributed by atoms with van der Waals surface area (Å²) in [4.78, 5) is 27.7. The molecule has 10 heteroatoms. The first kappa shape index (κ1) is 28.4. The second-order valence-corrected chi connectivity index (χ2v) is 9.94. The Kier molecular flexibility index (Phi) is 11.0. The van der Waals surface area contributed by atoms with Crippen molar-refractivity contribution in [1.82, 2.24) is 10.2 Å². The minimum absolute atomic E-state index is 0.0900. The fraction of sp³-hybridized carbons (Fsp3) is 0.385. The van der Waals surface area contributed by atoms with Crippen molar-refractivity contribution >= 4 is 46.0 Å². The lowest BCUT2D eigenvalue weighted by molar-refractivity contribution is -0.140. The third-order valence-electron chi connectivity index (χ3n) is 5.82. The number of carbonyl (C=O) groups is 2. The number of hydrogen-bond acceptors (Lipinski definition) is 6. The molecule has 0 saturated carbocycles. The maximum atomic E-state index is 13.3. The van der Waals surface area contributed by atoms with Crippen LogP contribution in [0.2, 0.25) is 5.02 Å². The van der Waals surface area contributed by atoms with Gasteiger partial charge >= 0.3 is 0 Å². The van der Waals surface area contributed by atoms with Crippen molar-refractivity contribution in [1.29, 1.82) is 0 Å². The third kappa shape index (κ3) is 7.66. The standard InChI is InChI=1S/C26H30ClIN2O6/c1-35-13-10-24(32)30(16-17-6-8-19(27)9-7-17)21-14-18(26(34)29-11-12-31)15-23(25(21)33)36-22-5-3-2-4-20(22)28/h2-9,15,21,23,25,31,33H,10-14,16H2,1H3,(H,29,34)/t21-,23+,25+/m1/s1. The molecule has 2 aromatic carbocycles. The molecule has 194 valence electrons. The number of aliphatic hydroxyl groups is 2. The van der Waals surface area contributed by atoms with Gasteiger partial charge in [-0.15, -0.1) is 0 Å². The lowest BCUT2D eigenvalue weighted by atomic mass is 9.87. The van der Waals surface area contributed by atoms with Crippen molar-refractivity contribution in [2.75, 3.05) is 26.9 Å². The van der Waals surface area contributed by atoms with Gasteiger partial charge in [0.2, 0.25) is 11.8 Å². The number of para-hydroxylation sites is 1. The van der Waals surface area contributed by atoms with Gasteiger partial charge in [-0.25, -0.2) is 0 Å². The van der Waals surface area contributed by atoms with Crippen LogP contribution in [-0.2, 0) is 20.9 Å². The summed E-state index contributed by atoms with van der Waals surface area (Å²) in [5, 5.41) is 23.8. The Morgan fingerprint density at radius 1 is 1.19 bits per heavy atom. The van der Waals surface area contributed by atoms with Crippen molar-refractivity contribution in [3.05, 3.63) is 74.3 Å². The summed E-state index contributed by atoms with van der Waals surface area (Å²) in [5.41, 5.74) is 1.20. The van der Waals surface area contributed by atoms with E-state index in [9.17, 15) is 14.7 Å². The number of carbonyl (C=O) groups excluding carboxylic acids is 2. The first-order valence-electron chi connectivity index (χ1n) is 11.6. The van der Waals surface area contributed by atoms with Crippen LogP contribution in [0.15, 0.2) is 60.2 Å². The SMILES string of the molecule is COCCC(=O)N(Cc1ccc(Cl)cc1)[C@@H]1CC(C(=O)NCCO)=C[C@H](Oc2ccccc2I)[C@H]1O. The monoisotopic (exact) mass is 628 g/mol. The summed E-state index contributed by atoms with van der Waals surface area (Å²) in [6.45, 7) is 0.321. The van der Waals surface area contributed by atoms with Crippen LogP contribution in [0.5, 0.6) is 5.75 Å². The predicted octanol–water partition coefficient (Wildman–Crippen LogP) is 2.93. The predicted molar refractivity (Wildman–Crippen MR) is 145 cm³/mol. The van der Waals surface area contributed by atoms with Gasteiger partial charge in [-0.3, -0.25) is 9.59 Å². The van der Waals surface area contributed by atoms with E-state index >= 15 is 0 Å². The van der Waals surface area contributed by atoms with Crippen LogP contribution < -0.4 is 10.1 Å². The molecule has 2 amide bonds. The highest BCUT2D eigenvalue weighted by Crippen LogP contribution is 2.30. The molecule has 0 aromatic heterocycles. The summed E-state index contributed by atoms with van der Waals surface area (Å²) < 4.78 is 12.1. The molecule has 3 N–H and O–H groups in total. The molecular weight excluding hydrogens is 599 g/mol. The van der Waals surface area contributed by atoms with Crippen LogP contribution >= 0.6 is 34.2 Å². The van der Waals surface area contributed by atoms with Crippen LogP contribution in [0.25, 0.3) is 0 Å². The number of ether oxygens (including phenoxy) is 2. The number of amides is 2. The van der Waals surface area contributed by atoms with E-state index < -0.39 is 18.2 Å². The Hall–Kier alpha value is -2.18. The molecule has 3 atom stereocenters. The van der Waals surface area contributed by atoms with Crippen molar-refractivity contribution in [3.8, 4) is 5.75 Å². The highest BCUT2D eigenvalue weighted by atomic mass is 127. The fourth-order valence-corrected chi connectivity index (χ4v) is 4.62. The van der Waals surface area contributed by atoms with E-state index in [1.54, 1.807) is 29.2 Å². The lowest BCUT2D eigenvalue weighted by Crippen LogP contribution is -2.55. The molecular formula is C26H30ClIN2O6. The van der Waals surface area contributed by atoms with Gasteiger partial charge in [-0.2, -0.15) is 0 Å². The van der Waals surface area contributed by atoms with Crippen LogP contribution in [-0.4, -0.2) is 72.0 Å². The average Bonchev–Trinajstić information content (AvgIpc) is 2.88. The third-order valence-corrected chi connectivity index (χ3v) is 6.96. The van der Waals surface area contributed by atoms with Crippen molar-refractivity contribution in [2.24, 2.45) is 0 Å². The molecule has 0 heterocycles. The highest BCUT2D eigenvalue weighted by molar-refractivity contribution is 14.1. The molecule has 0 unspecified atom stereocenters. The zero-order valence-corrected chi connectivity index (χ0v) is 22.8. The van der Waals surface area contributed by atoms with E-state index in [1.807, 2.05) is 30.3 Å². The van der Waals surface area contributed by atoms with Crippen LogP contribution in [0.3, 0.4) is 0 Å². The molecule has 36 heavy (non-hydrogen) atoms. The summed E-state index contributed by atoms with van der Waals surface area (Å²) in [6, 6.07) is 13.7. The highest BCUT2D eigenvalue weighted by Gasteiger charge is 2.40. The maximum absolute atomic E-state index is 13.3. The van der Waals surface area contributed by atoms with Gasteiger partial charge < -0.3 is 29.9 Å². The van der Waals surface area contributed by atoms with Gasteiger partial charge in [0.05, 0.1) is 29.2 Å². The summed E-state index contributed by atoms with van der Waals surface area (Å²) in [5.74, 6) is -0.0434. The first-order valence-corrected chi connectivity index (χ1v) is 13.0. The number of rotatable bonds is 11. The Balaban J connectivity index is 1.96. The van der Waals surface area contributed by atoms with E-state index in [1.165, 1.54) is 7.11 Å². The molecule has 2 aromatic rings. The van der Waals surface area contributed by atoms with E-state index in [0.717, 1.165) is 9.13 Å². The summed E-state index contributed by atoms with van der Waals surface area (Å²) >= 11 is 8.17. The normalized spacial score (nSPS) is 19.4. The quantitative estimate of drug-likeness (QED) is 0.331. The average molecular weight is 629 g/mol. The van der Waals surface area contributed by atoms with Gasteiger partial charge in [0.15, 0.2) is 0 Å². The van der Waals surface area contributed by atoms with Gasteiger partial charge in [-0.1, -0.05) is 35.9 Å². The Morgan fingerprint density at radius 3 is 2.58 bits per heavy atom. The first-order chi connectivity index (χ1) is 17.3. The second kappa shape index (κ2) is 13.9. The molecule has 0 fully saturated rings. The van der Waals surface area contributed by atoms with E-state index in [0.29, 0.717) is 16.3 Å². The number of methoxy groups -OCH3 is 1. The topological polar surface area (TPSA) is 108 Å². The van der Waals surface area contributed by atoms with Crippen molar-refractivity contribution in [3.63, 3.8) is 0 Å². The van der Waals surface area contributed by atoms with Gasteiger partial charge in [-0.05, 0) is 58.5 Å². The number of benzene rings is 2. The molecule has 0 saturated heterocycles.